The third-order valence-corrected chi connectivity index (χ3v) is 2.30. The summed E-state index contributed by atoms with van der Waals surface area (Å²) in [6, 6.07) is 8.01. The SMILES string of the molecule is Clc1cc[c]([K])cc1.OB(O)O.OB(O)O.OB(O)O.OB(O)O. The largest absolute Gasteiger partial charge is 0.631 e. The van der Waals surface area contributed by atoms with E-state index in [2.05, 4.69) is 12.1 Å². The number of rotatable bonds is 0. The number of hydrogen-bond donors (Lipinski definition) is 12. The summed E-state index contributed by atoms with van der Waals surface area (Å²) in [5, 5.41) is 86.8. The molecule has 0 atom stereocenters. The van der Waals surface area contributed by atoms with E-state index in [1.807, 2.05) is 12.1 Å². The fraction of sp³-hybridized carbons (Fsp3) is 0. The molecule has 18 heteroatoms. The van der Waals surface area contributed by atoms with Gasteiger partial charge in [0.2, 0.25) is 0 Å². The predicted octanol–water partition coefficient (Wildman–Crippen LogP) is -7.07. The number of hydrogen-bond acceptors (Lipinski definition) is 12. The van der Waals surface area contributed by atoms with Gasteiger partial charge in [0, 0.05) is 0 Å². The molecule has 12 N–H and O–H groups in total. The first-order valence-electron chi connectivity index (χ1n) is 5.61. The Bertz CT molecular complexity index is 289. The van der Waals surface area contributed by atoms with Crippen LogP contribution in [0.25, 0.3) is 0 Å². The minimum Gasteiger partial charge on any atom is -0.402 e. The Balaban J connectivity index is -0.000000110. The van der Waals surface area contributed by atoms with Gasteiger partial charge >= 0.3 is 119 Å². The van der Waals surface area contributed by atoms with Gasteiger partial charge in [-0.1, -0.05) is 0 Å². The minimum absolute atomic E-state index is 0.789. The van der Waals surface area contributed by atoms with Crippen molar-refractivity contribution < 1.29 is 60.3 Å². The maximum Gasteiger partial charge on any atom is 0.631 e. The van der Waals surface area contributed by atoms with E-state index >= 15 is 0 Å². The van der Waals surface area contributed by atoms with Crippen molar-refractivity contribution in [2.75, 3.05) is 0 Å². The van der Waals surface area contributed by atoms with Gasteiger partial charge in [0.15, 0.2) is 0 Å². The minimum atomic E-state index is -2.17. The molecule has 1 aromatic carbocycles. The fourth-order valence-corrected chi connectivity index (χ4v) is 1.18. The van der Waals surface area contributed by atoms with Gasteiger partial charge in [-0.15, -0.1) is 0 Å². The van der Waals surface area contributed by atoms with E-state index in [1.165, 1.54) is -0.342 Å². The Morgan fingerprint density at radius 3 is 0.833 bits per heavy atom. The van der Waals surface area contributed by atoms with Gasteiger partial charge in [-0.3, -0.25) is 0 Å². The summed E-state index contributed by atoms with van der Waals surface area (Å²) in [5.41, 5.74) is 0. The summed E-state index contributed by atoms with van der Waals surface area (Å²) in [7, 11) is -8.67. The van der Waals surface area contributed by atoms with Crippen molar-refractivity contribution in [1.82, 2.24) is 0 Å². The molecule has 0 saturated heterocycles. The molecule has 0 unspecified atom stereocenters. The van der Waals surface area contributed by atoms with Crippen LogP contribution in [0, 0.1) is 0 Å². The van der Waals surface area contributed by atoms with Crippen LogP contribution in [-0.4, -0.2) is 139 Å². The molecule has 0 aliphatic rings. The molecular weight excluding hydrogens is 382 g/mol. The van der Waals surface area contributed by atoms with Crippen LogP contribution in [0.4, 0.5) is 0 Å². The maximum atomic E-state index is 7.17. The predicted molar refractivity (Wildman–Crippen MR) is 86.5 cm³/mol. The van der Waals surface area contributed by atoms with Crippen LogP contribution in [0.2, 0.25) is 5.02 Å². The van der Waals surface area contributed by atoms with E-state index in [1.54, 1.807) is 0 Å². The summed E-state index contributed by atoms with van der Waals surface area (Å²) in [4.78, 5) is 0. The molecule has 1 aromatic rings. The molecule has 0 saturated carbocycles. The summed E-state index contributed by atoms with van der Waals surface area (Å²) in [6.45, 7) is 0. The van der Waals surface area contributed by atoms with Crippen LogP contribution in [0.3, 0.4) is 0 Å². The van der Waals surface area contributed by atoms with Crippen molar-refractivity contribution in [1.29, 1.82) is 0 Å². The van der Waals surface area contributed by atoms with Gasteiger partial charge in [0.1, 0.15) is 0 Å². The molecule has 0 heterocycles. The van der Waals surface area contributed by atoms with E-state index in [-0.39, 0.29) is 0 Å². The van der Waals surface area contributed by atoms with E-state index < -0.39 is 29.3 Å². The zero-order chi connectivity index (χ0) is 20.3. The quantitative estimate of drug-likeness (QED) is 0.182. The van der Waals surface area contributed by atoms with Crippen molar-refractivity contribution in [3.8, 4) is 0 Å². The maximum absolute atomic E-state index is 7.17. The smallest absolute Gasteiger partial charge is 0.402 e. The van der Waals surface area contributed by atoms with Crippen molar-refractivity contribution in [2.45, 2.75) is 0 Å². The molecule has 1 rings (SSSR count). The van der Waals surface area contributed by atoms with Crippen LogP contribution in [-0.2, 0) is 0 Å². The Hall–Kier alpha value is 0.926. The molecule has 0 bridgehead atoms. The molecule has 0 radical (unpaired) electrons. The van der Waals surface area contributed by atoms with Crippen molar-refractivity contribution >= 4 is 89.5 Å². The van der Waals surface area contributed by atoms with Crippen LogP contribution in [0.1, 0.15) is 0 Å². The van der Waals surface area contributed by atoms with E-state index in [9.17, 15) is 0 Å². The van der Waals surface area contributed by atoms with Crippen molar-refractivity contribution in [3.05, 3.63) is 29.3 Å². The van der Waals surface area contributed by atoms with Crippen LogP contribution in [0.5, 0.6) is 0 Å². The molecule has 0 aliphatic heterocycles. The molecule has 0 aliphatic carbocycles. The van der Waals surface area contributed by atoms with Gasteiger partial charge in [-0.25, -0.2) is 0 Å². The summed E-state index contributed by atoms with van der Waals surface area (Å²) < 4.78 is 1.43. The Morgan fingerprint density at radius 2 is 0.708 bits per heavy atom. The van der Waals surface area contributed by atoms with Gasteiger partial charge < -0.3 is 60.3 Å². The Kier molecular flexibility index (Phi) is 32.5. The third kappa shape index (κ3) is 92.3. The molecule has 132 valence electrons. The van der Waals surface area contributed by atoms with E-state index in [0.29, 0.717) is 0 Å². The molecule has 0 amide bonds. The first-order valence-corrected chi connectivity index (χ1v) is 7.55. The fourth-order valence-electron chi connectivity index (χ4n) is 0.533. The number of halogens is 1. The van der Waals surface area contributed by atoms with Crippen molar-refractivity contribution in [2.24, 2.45) is 0 Å². The first kappa shape index (κ1) is 32.6. The Morgan fingerprint density at radius 1 is 0.542 bits per heavy atom. The normalized spacial score (nSPS) is 7.62. The third-order valence-electron chi connectivity index (χ3n) is 1.01. The second-order valence-corrected chi connectivity index (χ2v) is 5.42. The van der Waals surface area contributed by atoms with Gasteiger partial charge in [-0.05, 0) is 0 Å². The monoisotopic (exact) mass is 398 g/mol. The summed E-state index contributed by atoms with van der Waals surface area (Å²) in [5.74, 6) is 0. The first-order chi connectivity index (χ1) is 10.7. The van der Waals surface area contributed by atoms with E-state index in [4.69, 9.17) is 71.9 Å². The second kappa shape index (κ2) is 23.9. The Labute approximate surface area is 177 Å². The molecule has 24 heavy (non-hydrogen) atoms. The summed E-state index contributed by atoms with van der Waals surface area (Å²) >= 11 is 6.42. The topological polar surface area (TPSA) is 243 Å². The molecule has 0 aromatic heterocycles. The molecule has 0 spiro atoms. The zero-order valence-electron chi connectivity index (χ0n) is 12.4. The van der Waals surface area contributed by atoms with Crippen LogP contribution >= 0.6 is 11.6 Å². The zero-order valence-corrected chi connectivity index (χ0v) is 16.2. The second-order valence-electron chi connectivity index (χ2n) is 3.18. The van der Waals surface area contributed by atoms with Crippen LogP contribution < -0.4 is -0.342 Å². The average molecular weight is 398 g/mol. The summed E-state index contributed by atoms with van der Waals surface area (Å²) in [6.07, 6.45) is 0. The van der Waals surface area contributed by atoms with Crippen molar-refractivity contribution in [3.63, 3.8) is 0 Å². The van der Waals surface area contributed by atoms with Gasteiger partial charge in [0.05, 0.1) is 0 Å². The van der Waals surface area contributed by atoms with Gasteiger partial charge in [0.25, 0.3) is 0 Å². The average Bonchev–Trinajstić information content (AvgIpc) is 2.30. The molecule has 12 nitrogen and oxygen atoms in total. The standard InChI is InChI=1S/C6H4Cl.4BH3O3.K/c7-6-4-2-1-3-5-6;4*2-1(3)4;/h2-5H;4*2-4H;. The van der Waals surface area contributed by atoms with Gasteiger partial charge in [-0.2, -0.15) is 0 Å². The van der Waals surface area contributed by atoms with Crippen LogP contribution in [0.15, 0.2) is 24.3 Å². The molecular formula is C6H16B4ClKO12. The van der Waals surface area contributed by atoms with E-state index in [0.717, 1.165) is 54.0 Å². The molecule has 0 fully saturated rings. The number of benzene rings is 1.